The zero-order valence-corrected chi connectivity index (χ0v) is 18.0. The molecule has 0 unspecified atom stereocenters. The van der Waals surface area contributed by atoms with Crippen LogP contribution in [-0.2, 0) is 17.7 Å². The Labute approximate surface area is 171 Å². The van der Waals surface area contributed by atoms with E-state index in [9.17, 15) is 4.79 Å². The normalized spacial score (nSPS) is 11.5. The minimum atomic E-state index is -0.599. The Bertz CT molecular complexity index is 1020. The van der Waals surface area contributed by atoms with Gasteiger partial charge in [0.2, 0.25) is 0 Å². The van der Waals surface area contributed by atoms with Gasteiger partial charge in [-0.3, -0.25) is 9.88 Å². The highest BCUT2D eigenvalue weighted by Crippen LogP contribution is 2.29. The first-order valence-corrected chi connectivity index (χ1v) is 9.82. The third-order valence-corrected chi connectivity index (χ3v) is 4.72. The quantitative estimate of drug-likeness (QED) is 0.629. The fourth-order valence-electron chi connectivity index (χ4n) is 3.40. The van der Waals surface area contributed by atoms with Crippen molar-refractivity contribution in [3.8, 4) is 5.75 Å². The lowest BCUT2D eigenvalue weighted by atomic mass is 10.1. The number of hydrogen-bond acceptors (Lipinski definition) is 4. The molecule has 6 heteroatoms. The van der Waals surface area contributed by atoms with Crippen LogP contribution in [0.25, 0.3) is 10.9 Å². The highest BCUT2D eigenvalue weighted by Gasteiger charge is 2.26. The molecular weight excluding hydrogens is 366 g/mol. The summed E-state index contributed by atoms with van der Waals surface area (Å²) in [6.07, 6.45) is 4.01. The van der Waals surface area contributed by atoms with Crippen LogP contribution in [0.5, 0.6) is 5.75 Å². The zero-order chi connectivity index (χ0) is 21.2. The van der Waals surface area contributed by atoms with Gasteiger partial charge in [-0.15, -0.1) is 0 Å². The molecule has 0 radical (unpaired) electrons. The number of anilines is 1. The smallest absolute Gasteiger partial charge is 0.415 e. The molecule has 3 rings (SSSR count). The Kier molecular flexibility index (Phi) is 5.82. The molecule has 29 heavy (non-hydrogen) atoms. The number of amides is 1. The number of nitrogens with one attached hydrogen (secondary N) is 1. The van der Waals surface area contributed by atoms with Crippen molar-refractivity contribution in [2.75, 3.05) is 12.0 Å². The molecule has 0 saturated heterocycles. The molecule has 0 fully saturated rings. The number of aromatic amines is 1. The van der Waals surface area contributed by atoms with E-state index < -0.39 is 11.7 Å². The zero-order valence-electron chi connectivity index (χ0n) is 18.0. The molecule has 1 N–H and O–H groups in total. The van der Waals surface area contributed by atoms with Gasteiger partial charge in [-0.25, -0.2) is 4.79 Å². The first kappa shape index (κ1) is 20.7. The topological polar surface area (TPSA) is 67.5 Å². The number of methoxy groups -OCH3 is 1. The van der Waals surface area contributed by atoms with E-state index in [1.54, 1.807) is 18.2 Å². The molecular formula is C23H29N3O3. The van der Waals surface area contributed by atoms with Crippen LogP contribution < -0.4 is 9.64 Å². The third-order valence-electron chi connectivity index (χ3n) is 4.72. The molecule has 0 bridgehead atoms. The highest BCUT2D eigenvalue weighted by atomic mass is 16.6. The van der Waals surface area contributed by atoms with Crippen LogP contribution in [0.2, 0.25) is 0 Å². The first-order chi connectivity index (χ1) is 13.7. The van der Waals surface area contributed by atoms with E-state index in [0.717, 1.165) is 45.6 Å². The number of carbonyl (C=O) groups excluding carboxylic acids is 1. The van der Waals surface area contributed by atoms with Gasteiger partial charge in [0, 0.05) is 34.7 Å². The van der Waals surface area contributed by atoms with E-state index >= 15 is 0 Å². The Balaban J connectivity index is 2.05. The van der Waals surface area contributed by atoms with Crippen molar-refractivity contribution in [3.05, 3.63) is 53.5 Å². The maximum atomic E-state index is 13.1. The Morgan fingerprint density at radius 3 is 2.66 bits per heavy atom. The van der Waals surface area contributed by atoms with Crippen molar-refractivity contribution in [1.29, 1.82) is 0 Å². The fourth-order valence-corrected chi connectivity index (χ4v) is 3.40. The summed E-state index contributed by atoms with van der Waals surface area (Å²) in [5, 5.41) is 1.09. The van der Waals surface area contributed by atoms with Gasteiger partial charge in [0.25, 0.3) is 0 Å². The van der Waals surface area contributed by atoms with E-state index in [4.69, 9.17) is 9.47 Å². The maximum Gasteiger partial charge on any atom is 0.415 e. The molecule has 154 valence electrons. The molecule has 2 heterocycles. The van der Waals surface area contributed by atoms with Crippen molar-refractivity contribution in [1.82, 2.24) is 9.97 Å². The van der Waals surface area contributed by atoms with Crippen molar-refractivity contribution < 1.29 is 14.3 Å². The molecule has 0 atom stereocenters. The van der Waals surface area contributed by atoms with Gasteiger partial charge < -0.3 is 14.5 Å². The summed E-state index contributed by atoms with van der Waals surface area (Å²) < 4.78 is 11.3. The van der Waals surface area contributed by atoms with Crippen LogP contribution in [-0.4, -0.2) is 28.8 Å². The standard InChI is InChI=1S/C23H29N3O3/c1-7-18-20(25-13-15(2)21(18)28-6)14-26(22(27)29-23(3,4)5)17-9-8-16-10-11-24-19(16)12-17/h8-13,24H,7,14H2,1-6H3. The highest BCUT2D eigenvalue weighted by molar-refractivity contribution is 5.92. The van der Waals surface area contributed by atoms with Gasteiger partial charge in [-0.1, -0.05) is 13.0 Å². The van der Waals surface area contributed by atoms with Crippen LogP contribution in [0.15, 0.2) is 36.7 Å². The molecule has 0 aliphatic rings. The molecule has 0 spiro atoms. The van der Waals surface area contributed by atoms with Gasteiger partial charge >= 0.3 is 6.09 Å². The van der Waals surface area contributed by atoms with Crippen LogP contribution >= 0.6 is 0 Å². The Morgan fingerprint density at radius 1 is 1.24 bits per heavy atom. The molecule has 1 amide bonds. The number of aromatic nitrogens is 2. The molecule has 2 aromatic heterocycles. The third kappa shape index (κ3) is 4.53. The van der Waals surface area contributed by atoms with Crippen molar-refractivity contribution in [3.63, 3.8) is 0 Å². The fraction of sp³-hybridized carbons (Fsp3) is 0.391. The summed E-state index contributed by atoms with van der Waals surface area (Å²) in [6.45, 7) is 9.91. The number of H-pyrrole nitrogens is 1. The first-order valence-electron chi connectivity index (χ1n) is 9.82. The summed E-state index contributed by atoms with van der Waals surface area (Å²) >= 11 is 0. The van der Waals surface area contributed by atoms with E-state index in [2.05, 4.69) is 16.9 Å². The second kappa shape index (κ2) is 8.15. The Morgan fingerprint density at radius 2 is 2.00 bits per heavy atom. The predicted molar refractivity (Wildman–Crippen MR) is 116 cm³/mol. The van der Waals surface area contributed by atoms with Crippen molar-refractivity contribution >= 4 is 22.7 Å². The number of hydrogen-bond donors (Lipinski definition) is 1. The number of nitrogens with zero attached hydrogens (tertiary/aromatic N) is 2. The predicted octanol–water partition coefficient (Wildman–Crippen LogP) is 5.38. The van der Waals surface area contributed by atoms with Crippen molar-refractivity contribution in [2.45, 2.75) is 53.2 Å². The molecule has 0 saturated carbocycles. The van der Waals surface area contributed by atoms with Gasteiger partial charge in [-0.2, -0.15) is 0 Å². The average molecular weight is 396 g/mol. The molecule has 6 nitrogen and oxygen atoms in total. The SMILES string of the molecule is CCc1c(CN(C(=O)OC(C)(C)C)c2ccc3cc[nH]c3c2)ncc(C)c1OC. The number of ether oxygens (including phenoxy) is 2. The number of fused-ring (bicyclic) bond motifs is 1. The van der Waals surface area contributed by atoms with Crippen LogP contribution in [0.1, 0.15) is 44.5 Å². The monoisotopic (exact) mass is 395 g/mol. The lowest BCUT2D eigenvalue weighted by molar-refractivity contribution is 0.0577. The van der Waals surface area contributed by atoms with Crippen LogP contribution in [0.3, 0.4) is 0 Å². The number of carbonyl (C=O) groups is 1. The summed E-state index contributed by atoms with van der Waals surface area (Å²) in [7, 11) is 1.66. The maximum absolute atomic E-state index is 13.1. The minimum absolute atomic E-state index is 0.293. The van der Waals surface area contributed by atoms with Gasteiger partial charge in [0.05, 0.1) is 19.3 Å². The average Bonchev–Trinajstić information content (AvgIpc) is 3.12. The largest absolute Gasteiger partial charge is 0.496 e. The number of benzene rings is 1. The van der Waals surface area contributed by atoms with E-state index in [1.165, 1.54) is 0 Å². The minimum Gasteiger partial charge on any atom is -0.496 e. The molecule has 3 aromatic rings. The number of aryl methyl sites for hydroxylation is 1. The summed E-state index contributed by atoms with van der Waals surface area (Å²) in [6, 6.07) is 7.87. The second-order valence-corrected chi connectivity index (χ2v) is 8.07. The van der Waals surface area contributed by atoms with E-state index in [-0.39, 0.29) is 0 Å². The van der Waals surface area contributed by atoms with E-state index in [0.29, 0.717) is 6.54 Å². The lowest BCUT2D eigenvalue weighted by Crippen LogP contribution is -2.37. The second-order valence-electron chi connectivity index (χ2n) is 8.07. The number of pyridine rings is 1. The lowest BCUT2D eigenvalue weighted by Gasteiger charge is -2.28. The summed E-state index contributed by atoms with van der Waals surface area (Å²) in [5.41, 5.74) is 3.88. The van der Waals surface area contributed by atoms with Crippen LogP contribution in [0, 0.1) is 6.92 Å². The van der Waals surface area contributed by atoms with Gasteiger partial charge in [-0.05, 0) is 57.7 Å². The number of rotatable bonds is 5. The Hall–Kier alpha value is -3.02. The molecule has 0 aliphatic carbocycles. The summed E-state index contributed by atoms with van der Waals surface area (Å²) in [4.78, 5) is 22.5. The van der Waals surface area contributed by atoms with E-state index in [1.807, 2.05) is 58.2 Å². The van der Waals surface area contributed by atoms with Gasteiger partial charge in [0.1, 0.15) is 11.4 Å². The molecule has 0 aliphatic heterocycles. The van der Waals surface area contributed by atoms with Crippen LogP contribution in [0.4, 0.5) is 10.5 Å². The van der Waals surface area contributed by atoms with Crippen molar-refractivity contribution in [2.24, 2.45) is 0 Å². The van der Waals surface area contributed by atoms with Gasteiger partial charge in [0.15, 0.2) is 0 Å². The molecule has 1 aromatic carbocycles. The summed E-state index contributed by atoms with van der Waals surface area (Å²) in [5.74, 6) is 0.821.